The average molecular weight is 366 g/mol. The molecule has 140 valence electrons. The molecule has 0 bridgehead atoms. The Morgan fingerprint density at radius 2 is 1.81 bits per heavy atom. The lowest BCUT2D eigenvalue weighted by atomic mass is 10.1. The first-order valence-electron chi connectivity index (χ1n) is 8.92. The van der Waals surface area contributed by atoms with Crippen molar-refractivity contribution in [1.82, 2.24) is 19.4 Å². The summed E-state index contributed by atoms with van der Waals surface area (Å²) in [4.78, 5) is 41.3. The van der Waals surface area contributed by atoms with E-state index in [-0.39, 0.29) is 12.5 Å². The van der Waals surface area contributed by atoms with Gasteiger partial charge in [0.1, 0.15) is 6.54 Å². The standard InChI is InChI=1S/C20H22N4O3/c1-3-23-18-16(9-6-11-22-18)24(20(27)19(23)26)13-17(25)21-12-10-15-8-5-4-7-14(15)2/h4-9,11H,3,10,12-13H2,1-2H3,(H,21,25). The third-order valence-electron chi connectivity index (χ3n) is 4.58. The Balaban J connectivity index is 1.79. The summed E-state index contributed by atoms with van der Waals surface area (Å²) < 4.78 is 2.52. The minimum absolute atomic E-state index is 0.214. The van der Waals surface area contributed by atoms with Crippen molar-refractivity contribution in [3.8, 4) is 0 Å². The first-order chi connectivity index (χ1) is 13.0. The first-order valence-corrected chi connectivity index (χ1v) is 8.92. The molecule has 0 fully saturated rings. The van der Waals surface area contributed by atoms with Crippen molar-refractivity contribution in [2.75, 3.05) is 6.54 Å². The lowest BCUT2D eigenvalue weighted by Crippen LogP contribution is -2.44. The molecule has 0 aliphatic heterocycles. The zero-order valence-electron chi connectivity index (χ0n) is 15.4. The number of nitrogens with one attached hydrogen (secondary N) is 1. The molecule has 27 heavy (non-hydrogen) atoms. The number of carbonyl (C=O) groups excluding carboxylic acids is 1. The van der Waals surface area contributed by atoms with Gasteiger partial charge in [0.2, 0.25) is 5.91 Å². The third-order valence-corrected chi connectivity index (χ3v) is 4.58. The van der Waals surface area contributed by atoms with E-state index >= 15 is 0 Å². The molecule has 0 unspecified atom stereocenters. The molecule has 0 saturated heterocycles. The van der Waals surface area contributed by atoms with Gasteiger partial charge in [-0.1, -0.05) is 24.3 Å². The molecule has 1 aromatic carbocycles. The molecular weight excluding hydrogens is 344 g/mol. The zero-order valence-corrected chi connectivity index (χ0v) is 15.4. The second kappa shape index (κ2) is 7.99. The highest BCUT2D eigenvalue weighted by Crippen LogP contribution is 2.08. The van der Waals surface area contributed by atoms with Crippen molar-refractivity contribution in [3.63, 3.8) is 0 Å². The van der Waals surface area contributed by atoms with Crippen LogP contribution in [0.5, 0.6) is 0 Å². The normalized spacial score (nSPS) is 10.9. The van der Waals surface area contributed by atoms with Crippen LogP contribution in [0.3, 0.4) is 0 Å². The third kappa shape index (κ3) is 3.81. The smallest absolute Gasteiger partial charge is 0.318 e. The minimum Gasteiger partial charge on any atom is -0.354 e. The van der Waals surface area contributed by atoms with Crippen molar-refractivity contribution in [2.24, 2.45) is 0 Å². The van der Waals surface area contributed by atoms with E-state index in [2.05, 4.69) is 10.3 Å². The van der Waals surface area contributed by atoms with Crippen molar-refractivity contribution in [1.29, 1.82) is 0 Å². The number of aryl methyl sites for hydroxylation is 2. The summed E-state index contributed by atoms with van der Waals surface area (Å²) in [6.45, 7) is 4.39. The van der Waals surface area contributed by atoms with Crippen LogP contribution < -0.4 is 16.4 Å². The molecule has 0 atom stereocenters. The molecule has 3 aromatic rings. The molecule has 7 heteroatoms. The quantitative estimate of drug-likeness (QED) is 0.665. The molecule has 0 spiro atoms. The highest BCUT2D eigenvalue weighted by molar-refractivity contribution is 5.78. The lowest BCUT2D eigenvalue weighted by Gasteiger charge is -2.13. The minimum atomic E-state index is -0.716. The molecule has 3 rings (SSSR count). The van der Waals surface area contributed by atoms with Crippen LogP contribution >= 0.6 is 0 Å². The lowest BCUT2D eigenvalue weighted by molar-refractivity contribution is -0.121. The highest BCUT2D eigenvalue weighted by Gasteiger charge is 2.15. The molecule has 1 amide bonds. The number of carbonyl (C=O) groups is 1. The monoisotopic (exact) mass is 366 g/mol. The number of benzene rings is 1. The van der Waals surface area contributed by atoms with E-state index in [4.69, 9.17) is 0 Å². The Kier molecular flexibility index (Phi) is 5.49. The van der Waals surface area contributed by atoms with Crippen LogP contribution in [0, 0.1) is 6.92 Å². The van der Waals surface area contributed by atoms with Gasteiger partial charge in [0.25, 0.3) is 0 Å². The van der Waals surface area contributed by atoms with Gasteiger partial charge in [-0.3, -0.25) is 23.5 Å². The summed E-state index contributed by atoms with van der Waals surface area (Å²) in [5.74, 6) is -0.315. The largest absolute Gasteiger partial charge is 0.354 e. The number of hydrogen-bond acceptors (Lipinski definition) is 4. The SMILES string of the molecule is CCn1c(=O)c(=O)n(CC(=O)NCCc2ccccc2C)c2cccnc21. The second-order valence-electron chi connectivity index (χ2n) is 6.31. The van der Waals surface area contributed by atoms with Gasteiger partial charge in [0, 0.05) is 19.3 Å². The maximum absolute atomic E-state index is 12.5. The van der Waals surface area contributed by atoms with Gasteiger partial charge in [-0.25, -0.2) is 4.98 Å². The molecule has 2 heterocycles. The van der Waals surface area contributed by atoms with Crippen molar-refractivity contribution in [2.45, 2.75) is 33.4 Å². The predicted molar refractivity (Wildman–Crippen MR) is 104 cm³/mol. The summed E-state index contributed by atoms with van der Waals surface area (Å²) >= 11 is 0. The molecular formula is C20H22N4O3. The van der Waals surface area contributed by atoms with Gasteiger partial charge >= 0.3 is 11.1 Å². The van der Waals surface area contributed by atoms with Crippen LogP contribution in [0.15, 0.2) is 52.2 Å². The number of nitrogens with zero attached hydrogens (tertiary/aromatic N) is 3. The molecule has 0 aliphatic carbocycles. The molecule has 0 radical (unpaired) electrons. The van der Waals surface area contributed by atoms with Crippen LogP contribution in [0.1, 0.15) is 18.1 Å². The number of fused-ring (bicyclic) bond motifs is 1. The highest BCUT2D eigenvalue weighted by atomic mass is 16.2. The Morgan fingerprint density at radius 1 is 1.07 bits per heavy atom. The second-order valence-corrected chi connectivity index (χ2v) is 6.31. The van der Waals surface area contributed by atoms with Crippen molar-refractivity contribution in [3.05, 3.63) is 74.4 Å². The molecule has 2 aromatic heterocycles. The Bertz CT molecular complexity index is 1100. The fourth-order valence-electron chi connectivity index (χ4n) is 3.12. The van der Waals surface area contributed by atoms with Gasteiger partial charge in [-0.15, -0.1) is 0 Å². The fraction of sp³-hybridized carbons (Fsp3) is 0.300. The van der Waals surface area contributed by atoms with E-state index in [1.54, 1.807) is 25.3 Å². The Morgan fingerprint density at radius 3 is 2.56 bits per heavy atom. The van der Waals surface area contributed by atoms with E-state index < -0.39 is 11.1 Å². The van der Waals surface area contributed by atoms with E-state index in [0.29, 0.717) is 30.7 Å². The molecule has 1 N–H and O–H groups in total. The van der Waals surface area contributed by atoms with Crippen LogP contribution in [0.4, 0.5) is 0 Å². The number of pyridine rings is 1. The van der Waals surface area contributed by atoms with Gasteiger partial charge in [0.15, 0.2) is 5.65 Å². The van der Waals surface area contributed by atoms with Gasteiger partial charge in [-0.2, -0.15) is 0 Å². The fourth-order valence-corrected chi connectivity index (χ4v) is 3.12. The predicted octanol–water partition coefficient (Wildman–Crippen LogP) is 1.25. The van der Waals surface area contributed by atoms with Crippen LogP contribution in [-0.4, -0.2) is 26.6 Å². The molecule has 0 saturated carbocycles. The van der Waals surface area contributed by atoms with E-state index in [0.717, 1.165) is 5.56 Å². The van der Waals surface area contributed by atoms with E-state index in [1.807, 2.05) is 31.2 Å². The number of amides is 1. The topological polar surface area (TPSA) is 86.0 Å². The summed E-state index contributed by atoms with van der Waals surface area (Å²) in [5, 5.41) is 2.82. The van der Waals surface area contributed by atoms with Crippen LogP contribution in [-0.2, 0) is 24.3 Å². The van der Waals surface area contributed by atoms with Crippen molar-refractivity contribution < 1.29 is 4.79 Å². The van der Waals surface area contributed by atoms with Crippen molar-refractivity contribution >= 4 is 17.1 Å². The zero-order chi connectivity index (χ0) is 19.4. The molecule has 0 aliphatic rings. The summed E-state index contributed by atoms with van der Waals surface area (Å²) in [6, 6.07) is 11.4. The average Bonchev–Trinajstić information content (AvgIpc) is 2.67. The van der Waals surface area contributed by atoms with Gasteiger partial charge in [-0.05, 0) is 43.5 Å². The van der Waals surface area contributed by atoms with Crippen LogP contribution in [0.25, 0.3) is 11.2 Å². The van der Waals surface area contributed by atoms with Gasteiger partial charge < -0.3 is 5.32 Å². The number of rotatable bonds is 6. The summed E-state index contributed by atoms with van der Waals surface area (Å²) in [7, 11) is 0. The number of hydrogen-bond donors (Lipinski definition) is 1. The Hall–Kier alpha value is -3.22. The number of aromatic nitrogens is 3. The maximum Gasteiger partial charge on any atom is 0.318 e. The summed E-state index contributed by atoms with van der Waals surface area (Å²) in [6.07, 6.45) is 2.26. The van der Waals surface area contributed by atoms with E-state index in [9.17, 15) is 14.4 Å². The molecule has 7 nitrogen and oxygen atoms in total. The maximum atomic E-state index is 12.5. The van der Waals surface area contributed by atoms with Gasteiger partial charge in [0.05, 0.1) is 5.52 Å². The van der Waals surface area contributed by atoms with E-state index in [1.165, 1.54) is 14.7 Å². The summed E-state index contributed by atoms with van der Waals surface area (Å²) in [5.41, 5.74) is 1.82. The Labute approximate surface area is 156 Å². The first kappa shape index (κ1) is 18.6. The van der Waals surface area contributed by atoms with Crippen LogP contribution in [0.2, 0.25) is 0 Å².